The van der Waals surface area contributed by atoms with Crippen LogP contribution in [0, 0.1) is 0 Å². The maximum Gasteiger partial charge on any atom is 0.218 e. The molecule has 21 heavy (non-hydrogen) atoms. The summed E-state index contributed by atoms with van der Waals surface area (Å²) in [6, 6.07) is 14.9. The number of rotatable bonds is 7. The summed E-state index contributed by atoms with van der Waals surface area (Å²) in [5.41, 5.74) is 2.30. The van der Waals surface area contributed by atoms with E-state index in [-0.39, 0.29) is 0 Å². The van der Waals surface area contributed by atoms with E-state index in [0.29, 0.717) is 12.6 Å². The standard InChI is InChI=1S/C18H20N2O/c1-2-6-15(7-3-1)8-5-13-21-18-16(9-4-12-19-18)14-20-17-10-11-17/h1-9,12,17,20H,10-11,13-14H2. The third-order valence-corrected chi connectivity index (χ3v) is 3.43. The molecule has 0 spiro atoms. The molecule has 1 aliphatic carbocycles. The van der Waals surface area contributed by atoms with Gasteiger partial charge in [-0.1, -0.05) is 42.5 Å². The minimum Gasteiger partial charge on any atom is -0.473 e. The van der Waals surface area contributed by atoms with Gasteiger partial charge in [-0.2, -0.15) is 0 Å². The molecule has 0 saturated heterocycles. The Labute approximate surface area is 125 Å². The number of hydrogen-bond donors (Lipinski definition) is 1. The quantitative estimate of drug-likeness (QED) is 0.843. The number of nitrogens with zero attached hydrogens (tertiary/aromatic N) is 1. The average molecular weight is 280 g/mol. The molecule has 0 amide bonds. The zero-order valence-electron chi connectivity index (χ0n) is 12.0. The topological polar surface area (TPSA) is 34.1 Å². The third-order valence-electron chi connectivity index (χ3n) is 3.43. The number of hydrogen-bond acceptors (Lipinski definition) is 3. The highest BCUT2D eigenvalue weighted by atomic mass is 16.5. The van der Waals surface area contributed by atoms with Crippen LogP contribution in [0.5, 0.6) is 5.88 Å². The lowest BCUT2D eigenvalue weighted by atomic mass is 10.2. The molecular formula is C18H20N2O. The van der Waals surface area contributed by atoms with Crippen molar-refractivity contribution < 1.29 is 4.74 Å². The Morgan fingerprint density at radius 1 is 1.14 bits per heavy atom. The first-order valence-corrected chi connectivity index (χ1v) is 7.43. The molecule has 1 N–H and O–H groups in total. The first-order valence-electron chi connectivity index (χ1n) is 7.43. The van der Waals surface area contributed by atoms with Crippen LogP contribution in [0.15, 0.2) is 54.7 Å². The second kappa shape index (κ2) is 7.04. The summed E-state index contributed by atoms with van der Waals surface area (Å²) in [7, 11) is 0. The summed E-state index contributed by atoms with van der Waals surface area (Å²) in [4.78, 5) is 4.33. The van der Waals surface area contributed by atoms with Gasteiger partial charge in [0, 0.05) is 24.3 Å². The fraction of sp³-hybridized carbons (Fsp3) is 0.278. The smallest absolute Gasteiger partial charge is 0.218 e. The summed E-state index contributed by atoms with van der Waals surface area (Å²) < 4.78 is 5.77. The van der Waals surface area contributed by atoms with E-state index < -0.39 is 0 Å². The fourth-order valence-corrected chi connectivity index (χ4v) is 2.11. The van der Waals surface area contributed by atoms with Crippen LogP contribution in [-0.4, -0.2) is 17.6 Å². The van der Waals surface area contributed by atoms with Crippen LogP contribution in [0.4, 0.5) is 0 Å². The normalized spacial score (nSPS) is 14.5. The molecule has 108 valence electrons. The molecule has 0 radical (unpaired) electrons. The van der Waals surface area contributed by atoms with E-state index in [4.69, 9.17) is 4.74 Å². The lowest BCUT2D eigenvalue weighted by Gasteiger charge is -2.09. The molecular weight excluding hydrogens is 260 g/mol. The fourth-order valence-electron chi connectivity index (χ4n) is 2.11. The molecule has 1 aliphatic rings. The third kappa shape index (κ3) is 4.43. The molecule has 1 aromatic heterocycles. The van der Waals surface area contributed by atoms with Gasteiger partial charge < -0.3 is 10.1 Å². The predicted octanol–water partition coefficient (Wildman–Crippen LogP) is 3.43. The minimum absolute atomic E-state index is 0.530. The molecule has 0 atom stereocenters. The lowest BCUT2D eigenvalue weighted by molar-refractivity contribution is 0.343. The molecule has 1 fully saturated rings. The Bertz CT molecular complexity index is 591. The van der Waals surface area contributed by atoms with E-state index in [0.717, 1.165) is 18.0 Å². The Kier molecular flexibility index (Phi) is 4.64. The largest absolute Gasteiger partial charge is 0.473 e. The number of ether oxygens (including phenoxy) is 1. The number of pyridine rings is 1. The monoisotopic (exact) mass is 280 g/mol. The van der Waals surface area contributed by atoms with E-state index in [9.17, 15) is 0 Å². The molecule has 1 saturated carbocycles. The van der Waals surface area contributed by atoms with Crippen LogP contribution >= 0.6 is 0 Å². The van der Waals surface area contributed by atoms with E-state index in [2.05, 4.69) is 34.6 Å². The Hall–Kier alpha value is -2.13. The van der Waals surface area contributed by atoms with Gasteiger partial charge in [-0.05, 0) is 30.5 Å². The van der Waals surface area contributed by atoms with E-state index in [1.54, 1.807) is 6.20 Å². The van der Waals surface area contributed by atoms with Crippen molar-refractivity contribution in [2.75, 3.05) is 6.61 Å². The van der Waals surface area contributed by atoms with Crippen molar-refractivity contribution in [2.24, 2.45) is 0 Å². The summed E-state index contributed by atoms with van der Waals surface area (Å²) in [6.45, 7) is 1.36. The average Bonchev–Trinajstić information content (AvgIpc) is 3.36. The first kappa shape index (κ1) is 13.8. The summed E-state index contributed by atoms with van der Waals surface area (Å²) in [5, 5.41) is 3.49. The van der Waals surface area contributed by atoms with Crippen molar-refractivity contribution in [3.8, 4) is 5.88 Å². The summed E-state index contributed by atoms with van der Waals surface area (Å²) in [6.07, 6.45) is 8.43. The molecule has 1 heterocycles. The van der Waals surface area contributed by atoms with Crippen molar-refractivity contribution in [3.05, 3.63) is 65.9 Å². The van der Waals surface area contributed by atoms with Gasteiger partial charge in [0.25, 0.3) is 0 Å². The number of benzene rings is 1. The summed E-state index contributed by atoms with van der Waals surface area (Å²) >= 11 is 0. The van der Waals surface area contributed by atoms with E-state index >= 15 is 0 Å². The van der Waals surface area contributed by atoms with E-state index in [1.165, 1.54) is 18.4 Å². The van der Waals surface area contributed by atoms with Crippen LogP contribution in [0.2, 0.25) is 0 Å². The van der Waals surface area contributed by atoms with Gasteiger partial charge in [0.1, 0.15) is 6.61 Å². The van der Waals surface area contributed by atoms with Gasteiger partial charge in [-0.15, -0.1) is 0 Å². The minimum atomic E-state index is 0.530. The highest BCUT2D eigenvalue weighted by molar-refractivity contribution is 5.48. The van der Waals surface area contributed by atoms with E-state index in [1.807, 2.05) is 30.3 Å². The molecule has 3 rings (SSSR count). The van der Waals surface area contributed by atoms with Crippen LogP contribution < -0.4 is 10.1 Å². The van der Waals surface area contributed by atoms with Crippen molar-refractivity contribution >= 4 is 6.08 Å². The Balaban J connectivity index is 1.53. The van der Waals surface area contributed by atoms with Crippen molar-refractivity contribution in [1.29, 1.82) is 0 Å². The lowest BCUT2D eigenvalue weighted by Crippen LogP contribution is -2.16. The zero-order valence-corrected chi connectivity index (χ0v) is 12.0. The number of aromatic nitrogens is 1. The number of nitrogens with one attached hydrogen (secondary N) is 1. The van der Waals surface area contributed by atoms with Gasteiger partial charge in [-0.3, -0.25) is 0 Å². The highest BCUT2D eigenvalue weighted by Gasteiger charge is 2.20. The van der Waals surface area contributed by atoms with Gasteiger partial charge in [0.15, 0.2) is 0 Å². The predicted molar refractivity (Wildman–Crippen MR) is 85.1 cm³/mol. The summed E-state index contributed by atoms with van der Waals surface area (Å²) in [5.74, 6) is 0.725. The maximum absolute atomic E-state index is 5.77. The molecule has 3 heteroatoms. The van der Waals surface area contributed by atoms with Gasteiger partial charge in [-0.25, -0.2) is 4.98 Å². The zero-order chi connectivity index (χ0) is 14.3. The highest BCUT2D eigenvalue weighted by Crippen LogP contribution is 2.21. The van der Waals surface area contributed by atoms with Crippen molar-refractivity contribution in [2.45, 2.75) is 25.4 Å². The maximum atomic E-state index is 5.77. The van der Waals surface area contributed by atoms with Gasteiger partial charge in [0.05, 0.1) is 0 Å². The molecule has 3 nitrogen and oxygen atoms in total. The molecule has 2 aromatic rings. The molecule has 0 bridgehead atoms. The van der Waals surface area contributed by atoms with Crippen LogP contribution in [0.3, 0.4) is 0 Å². The van der Waals surface area contributed by atoms with Gasteiger partial charge in [0.2, 0.25) is 5.88 Å². The molecule has 0 aliphatic heterocycles. The first-order chi connectivity index (χ1) is 10.4. The SMILES string of the molecule is C(=Cc1ccccc1)COc1ncccc1CNC1CC1. The Morgan fingerprint density at radius 3 is 2.81 bits per heavy atom. The van der Waals surface area contributed by atoms with Gasteiger partial charge >= 0.3 is 0 Å². The van der Waals surface area contributed by atoms with Crippen LogP contribution in [-0.2, 0) is 6.54 Å². The van der Waals surface area contributed by atoms with Crippen LogP contribution in [0.25, 0.3) is 6.08 Å². The second-order valence-electron chi connectivity index (χ2n) is 5.25. The van der Waals surface area contributed by atoms with Crippen molar-refractivity contribution in [1.82, 2.24) is 10.3 Å². The molecule has 1 aromatic carbocycles. The Morgan fingerprint density at radius 2 is 2.00 bits per heavy atom. The van der Waals surface area contributed by atoms with Crippen LogP contribution in [0.1, 0.15) is 24.0 Å². The molecule has 0 unspecified atom stereocenters. The second-order valence-corrected chi connectivity index (χ2v) is 5.25. The van der Waals surface area contributed by atoms with Crippen molar-refractivity contribution in [3.63, 3.8) is 0 Å².